The molecule has 3 fully saturated rings. The zero-order valence-electron chi connectivity index (χ0n) is 28.9. The van der Waals surface area contributed by atoms with Gasteiger partial charge in [0.05, 0.1) is 18.2 Å². The van der Waals surface area contributed by atoms with E-state index in [1.54, 1.807) is 19.2 Å². The van der Waals surface area contributed by atoms with Crippen LogP contribution >= 0.6 is 22.9 Å². The van der Waals surface area contributed by atoms with Crippen LogP contribution in [0.4, 0.5) is 14.9 Å². The molecule has 0 radical (unpaired) electrons. The summed E-state index contributed by atoms with van der Waals surface area (Å²) in [4.78, 5) is 50.9. The van der Waals surface area contributed by atoms with E-state index in [0.717, 1.165) is 17.1 Å². The molecule has 2 saturated heterocycles. The molecule has 4 aromatic rings. The first-order chi connectivity index (χ1) is 25.4. The van der Waals surface area contributed by atoms with E-state index >= 15 is 0 Å². The number of ether oxygens (including phenoxy) is 1. The number of aliphatic imine (C=N–C) groups is 1. The van der Waals surface area contributed by atoms with Gasteiger partial charge in [-0.05, 0) is 56.2 Å². The lowest BCUT2D eigenvalue weighted by Crippen LogP contribution is -2.53. The van der Waals surface area contributed by atoms with Crippen LogP contribution in [0.5, 0.6) is 0 Å². The number of thiazole rings is 1. The summed E-state index contributed by atoms with van der Waals surface area (Å²) in [5.74, 6) is 0.892. The Kier molecular flexibility index (Phi) is 9.82. The average molecular weight is 743 g/mol. The molecule has 2 aromatic carbocycles. The van der Waals surface area contributed by atoms with E-state index in [1.165, 1.54) is 61.3 Å². The van der Waals surface area contributed by atoms with Crippen LogP contribution in [0.25, 0.3) is 11.4 Å². The standard InChI is InChI=1S/C38H40ClFN8O3S/c1-2-51-37(49)32-31(44-35(36-41-14-17-52-36)45-33(32)28-13-10-25(40)18-29(28)39)22-46-15-16-47-27(20-46)21-48(38(47)50)26-11-8-24(9-12-26)34-42-19-30(43-34)23-6-4-3-5-7-23/h8-14,17-19,23,27,33H,2-7,15-16,20-22H2,1H3,(H,42,43)(H,44,45)/t27-,33-/m0/s1. The molecule has 0 unspecified atom stereocenters. The van der Waals surface area contributed by atoms with Crippen molar-refractivity contribution in [3.63, 3.8) is 0 Å². The number of nitrogens with one attached hydrogen (secondary N) is 2. The van der Waals surface area contributed by atoms with E-state index < -0.39 is 17.8 Å². The van der Waals surface area contributed by atoms with Crippen molar-refractivity contribution >= 4 is 46.5 Å². The summed E-state index contributed by atoms with van der Waals surface area (Å²) in [7, 11) is 0. The third kappa shape index (κ3) is 6.84. The molecule has 11 nitrogen and oxygen atoms in total. The van der Waals surface area contributed by atoms with Gasteiger partial charge in [0.15, 0.2) is 10.8 Å². The number of nitrogens with zero attached hydrogens (tertiary/aromatic N) is 6. The Hall–Kier alpha value is -4.59. The number of rotatable bonds is 9. The highest BCUT2D eigenvalue weighted by Crippen LogP contribution is 2.38. The molecule has 5 heterocycles. The van der Waals surface area contributed by atoms with Crippen LogP contribution in [-0.4, -0.2) is 88.0 Å². The summed E-state index contributed by atoms with van der Waals surface area (Å²) in [5.41, 5.74) is 4.46. The molecule has 2 aromatic heterocycles. The summed E-state index contributed by atoms with van der Waals surface area (Å²) in [5, 5.41) is 6.04. The number of imidazole rings is 1. The van der Waals surface area contributed by atoms with Gasteiger partial charge in [-0.25, -0.2) is 23.9 Å². The van der Waals surface area contributed by atoms with E-state index in [2.05, 4.69) is 25.2 Å². The zero-order chi connectivity index (χ0) is 35.8. The Bertz CT molecular complexity index is 2010. The number of hydrogen-bond acceptors (Lipinski definition) is 9. The molecule has 0 spiro atoms. The highest BCUT2D eigenvalue weighted by Gasteiger charge is 2.42. The number of aromatic amines is 1. The van der Waals surface area contributed by atoms with Gasteiger partial charge in [-0.1, -0.05) is 36.9 Å². The highest BCUT2D eigenvalue weighted by atomic mass is 35.5. The van der Waals surface area contributed by atoms with Crippen molar-refractivity contribution in [1.29, 1.82) is 0 Å². The number of fused-ring (bicyclic) bond motifs is 1. The van der Waals surface area contributed by atoms with Crippen LogP contribution in [0.3, 0.4) is 0 Å². The van der Waals surface area contributed by atoms with Crippen molar-refractivity contribution < 1.29 is 18.7 Å². The first-order valence-corrected chi connectivity index (χ1v) is 19.2. The van der Waals surface area contributed by atoms with Gasteiger partial charge in [-0.15, -0.1) is 11.3 Å². The van der Waals surface area contributed by atoms with Gasteiger partial charge in [0, 0.05) is 89.6 Å². The lowest BCUT2D eigenvalue weighted by atomic mass is 9.87. The Morgan fingerprint density at radius 1 is 1.08 bits per heavy atom. The van der Waals surface area contributed by atoms with Gasteiger partial charge in [0.1, 0.15) is 17.7 Å². The van der Waals surface area contributed by atoms with E-state index in [0.29, 0.717) is 66.3 Å². The molecule has 2 N–H and O–H groups in total. The van der Waals surface area contributed by atoms with Gasteiger partial charge in [0.25, 0.3) is 0 Å². The Labute approximate surface area is 310 Å². The van der Waals surface area contributed by atoms with Crippen LogP contribution in [0, 0.1) is 5.82 Å². The minimum atomic E-state index is -0.838. The fraction of sp³-hybridized carbons (Fsp3) is 0.395. The monoisotopic (exact) mass is 742 g/mol. The second-order valence-electron chi connectivity index (χ2n) is 13.7. The molecule has 8 rings (SSSR count). The maximum absolute atomic E-state index is 14.1. The number of aromatic nitrogens is 3. The maximum Gasteiger partial charge on any atom is 0.338 e. The van der Waals surface area contributed by atoms with E-state index in [9.17, 15) is 14.0 Å². The molecule has 3 aliphatic heterocycles. The smallest absolute Gasteiger partial charge is 0.338 e. The van der Waals surface area contributed by atoms with Gasteiger partial charge >= 0.3 is 12.0 Å². The lowest BCUT2D eigenvalue weighted by molar-refractivity contribution is -0.139. The SMILES string of the molecule is CCOC(=O)C1=C(CN2CCN3C(=O)N(c4ccc(-c5ncc(C6CCCCC6)[nH]5)cc4)C[C@@H]3C2)NC(c2nccs2)=N[C@H]1c1ccc(F)cc1Cl. The Balaban J connectivity index is 1.01. The minimum absolute atomic E-state index is 0.0126. The number of amidine groups is 1. The second-order valence-corrected chi connectivity index (χ2v) is 15.0. The summed E-state index contributed by atoms with van der Waals surface area (Å²) < 4.78 is 19.6. The number of piperazine rings is 1. The molecule has 270 valence electrons. The molecule has 4 aliphatic rings. The van der Waals surface area contributed by atoms with Crippen molar-refractivity contribution in [3.05, 3.63) is 98.6 Å². The summed E-state index contributed by atoms with van der Waals surface area (Å²) >= 11 is 7.97. The lowest BCUT2D eigenvalue weighted by Gasteiger charge is -2.38. The van der Waals surface area contributed by atoms with Crippen molar-refractivity contribution in [3.8, 4) is 11.4 Å². The third-order valence-corrected chi connectivity index (χ3v) is 11.5. The maximum atomic E-state index is 14.1. The second kappa shape index (κ2) is 14.8. The zero-order valence-corrected chi connectivity index (χ0v) is 30.4. The first-order valence-electron chi connectivity index (χ1n) is 17.9. The third-order valence-electron chi connectivity index (χ3n) is 10.4. The van der Waals surface area contributed by atoms with Crippen LogP contribution in [-0.2, 0) is 9.53 Å². The predicted octanol–water partition coefficient (Wildman–Crippen LogP) is 6.91. The molecular formula is C38H40ClFN8O3S. The number of carbonyl (C=O) groups excluding carboxylic acids is 2. The molecule has 2 atom stereocenters. The van der Waals surface area contributed by atoms with E-state index in [4.69, 9.17) is 21.3 Å². The normalized spacial score (nSPS) is 21.3. The average Bonchev–Trinajstić information content (AvgIpc) is 3.94. The number of H-pyrrole nitrogens is 1. The van der Waals surface area contributed by atoms with Crippen LogP contribution in [0.2, 0.25) is 5.02 Å². The Morgan fingerprint density at radius 2 is 1.90 bits per heavy atom. The number of urea groups is 1. The first kappa shape index (κ1) is 34.5. The van der Waals surface area contributed by atoms with E-state index in [-0.39, 0.29) is 23.7 Å². The van der Waals surface area contributed by atoms with Crippen molar-refractivity contribution in [2.24, 2.45) is 4.99 Å². The molecular weight excluding hydrogens is 703 g/mol. The van der Waals surface area contributed by atoms with Gasteiger partial charge in [-0.2, -0.15) is 0 Å². The van der Waals surface area contributed by atoms with Crippen molar-refractivity contribution in [2.75, 3.05) is 44.2 Å². The highest BCUT2D eigenvalue weighted by molar-refractivity contribution is 7.11. The summed E-state index contributed by atoms with van der Waals surface area (Å²) in [6, 6.07) is 11.2. The molecule has 14 heteroatoms. The number of anilines is 1. The Morgan fingerprint density at radius 3 is 2.65 bits per heavy atom. The predicted molar refractivity (Wildman–Crippen MR) is 199 cm³/mol. The number of carbonyl (C=O) groups is 2. The van der Waals surface area contributed by atoms with Crippen molar-refractivity contribution in [2.45, 2.75) is 57.0 Å². The topological polar surface area (TPSA) is 119 Å². The van der Waals surface area contributed by atoms with Crippen LogP contribution < -0.4 is 10.2 Å². The number of hydrogen-bond donors (Lipinski definition) is 2. The fourth-order valence-electron chi connectivity index (χ4n) is 7.82. The molecule has 52 heavy (non-hydrogen) atoms. The molecule has 2 amide bonds. The minimum Gasteiger partial charge on any atom is -0.463 e. The molecule has 0 bridgehead atoms. The molecule has 1 saturated carbocycles. The summed E-state index contributed by atoms with van der Waals surface area (Å²) in [6.45, 7) is 4.57. The molecule has 1 aliphatic carbocycles. The largest absolute Gasteiger partial charge is 0.463 e. The van der Waals surface area contributed by atoms with Gasteiger partial charge in [-0.3, -0.25) is 14.8 Å². The summed E-state index contributed by atoms with van der Waals surface area (Å²) in [6.07, 6.45) is 9.94. The van der Waals surface area contributed by atoms with Crippen molar-refractivity contribution in [1.82, 2.24) is 30.1 Å². The fourth-order valence-corrected chi connectivity index (χ4v) is 8.68. The van der Waals surface area contributed by atoms with Gasteiger partial charge in [0.2, 0.25) is 0 Å². The number of esters is 1. The van der Waals surface area contributed by atoms with Gasteiger partial charge < -0.3 is 19.9 Å². The number of benzene rings is 2. The van der Waals surface area contributed by atoms with E-state index in [1.807, 2.05) is 45.6 Å². The number of halogens is 2. The quantitative estimate of drug-likeness (QED) is 0.179. The van der Waals surface area contributed by atoms with Crippen LogP contribution in [0.1, 0.15) is 67.3 Å². The number of amides is 2. The van der Waals surface area contributed by atoms with Crippen LogP contribution in [0.15, 0.2) is 76.5 Å².